The van der Waals surface area contributed by atoms with E-state index in [4.69, 9.17) is 0 Å². The van der Waals surface area contributed by atoms with E-state index in [-0.39, 0.29) is 5.41 Å². The number of Topliss-reactive ketones (excluding diaryl/α,β-unsaturated/α-hetero) is 2. The largest absolute Gasteiger partial charge is 0.300 e. The summed E-state index contributed by atoms with van der Waals surface area (Å²) in [4.78, 5) is 24.0. The van der Waals surface area contributed by atoms with Gasteiger partial charge in [-0.05, 0) is 68.1 Å². The fourth-order valence-corrected chi connectivity index (χ4v) is 6.43. The van der Waals surface area contributed by atoms with Crippen molar-refractivity contribution in [1.82, 2.24) is 0 Å². The maximum Gasteiger partial charge on any atom is 0.139 e. The molecular formula is C18H26O2. The second-order valence-corrected chi connectivity index (χ2v) is 8.13. The molecule has 6 atom stereocenters. The number of ketones is 2. The molecule has 0 radical (unpaired) electrons. The average Bonchev–Trinajstić information content (AvgIpc) is 2.74. The van der Waals surface area contributed by atoms with Gasteiger partial charge in [-0.25, -0.2) is 0 Å². The summed E-state index contributed by atoms with van der Waals surface area (Å²) in [5, 5.41) is 0. The quantitative estimate of drug-likeness (QED) is 0.673. The molecule has 0 heterocycles. The van der Waals surface area contributed by atoms with E-state index in [0.717, 1.165) is 56.3 Å². The van der Waals surface area contributed by atoms with Crippen molar-refractivity contribution in [3.63, 3.8) is 0 Å². The number of carbonyl (C=O) groups excluding carboxylic acids is 2. The van der Waals surface area contributed by atoms with E-state index in [1.807, 2.05) is 0 Å². The molecule has 0 spiro atoms. The molecule has 0 bridgehead atoms. The lowest BCUT2D eigenvalue weighted by Crippen LogP contribution is -2.48. The van der Waals surface area contributed by atoms with Crippen molar-refractivity contribution >= 4 is 11.6 Å². The van der Waals surface area contributed by atoms with Gasteiger partial charge in [0.25, 0.3) is 0 Å². The number of hydrogen-bond acceptors (Lipinski definition) is 2. The lowest BCUT2D eigenvalue weighted by atomic mass is 9.50. The highest BCUT2D eigenvalue weighted by molar-refractivity contribution is 5.87. The third kappa shape index (κ3) is 1.69. The van der Waals surface area contributed by atoms with Gasteiger partial charge in [0, 0.05) is 24.7 Å². The van der Waals surface area contributed by atoms with Crippen molar-refractivity contribution < 1.29 is 9.59 Å². The molecule has 4 rings (SSSR count). The molecule has 2 heteroatoms. The fraction of sp³-hybridized carbons (Fsp3) is 0.889. The van der Waals surface area contributed by atoms with Crippen molar-refractivity contribution in [1.29, 1.82) is 0 Å². The number of fused-ring (bicyclic) bond motifs is 5. The highest BCUT2D eigenvalue weighted by Crippen LogP contribution is 2.61. The van der Waals surface area contributed by atoms with Gasteiger partial charge >= 0.3 is 0 Å². The summed E-state index contributed by atoms with van der Waals surface area (Å²) in [5.74, 6) is 4.79. The van der Waals surface area contributed by atoms with Crippen LogP contribution in [0.3, 0.4) is 0 Å². The molecule has 0 saturated heterocycles. The molecule has 4 saturated carbocycles. The fourth-order valence-electron chi connectivity index (χ4n) is 6.43. The van der Waals surface area contributed by atoms with Crippen LogP contribution in [0.1, 0.15) is 64.7 Å². The second kappa shape index (κ2) is 4.42. The maximum absolute atomic E-state index is 12.3. The molecule has 0 aromatic carbocycles. The molecule has 0 aliphatic heterocycles. The minimum absolute atomic E-state index is 0.0124. The topological polar surface area (TPSA) is 34.1 Å². The molecule has 2 nitrogen and oxygen atoms in total. The first-order chi connectivity index (χ1) is 9.59. The van der Waals surface area contributed by atoms with Crippen molar-refractivity contribution in [2.75, 3.05) is 0 Å². The molecule has 4 fully saturated rings. The van der Waals surface area contributed by atoms with Crippen LogP contribution in [0.4, 0.5) is 0 Å². The Morgan fingerprint density at radius 1 is 0.900 bits per heavy atom. The normalized spacial score (nSPS) is 51.4. The first kappa shape index (κ1) is 13.0. The molecule has 1 unspecified atom stereocenters. The smallest absolute Gasteiger partial charge is 0.139 e. The van der Waals surface area contributed by atoms with Gasteiger partial charge in [-0.1, -0.05) is 6.92 Å². The Morgan fingerprint density at radius 3 is 2.60 bits per heavy atom. The Bertz CT molecular complexity index is 454. The van der Waals surface area contributed by atoms with E-state index in [0.29, 0.717) is 23.4 Å². The summed E-state index contributed by atoms with van der Waals surface area (Å²) in [7, 11) is 0. The van der Waals surface area contributed by atoms with E-state index >= 15 is 0 Å². The maximum atomic E-state index is 12.3. The van der Waals surface area contributed by atoms with Gasteiger partial charge in [-0.2, -0.15) is 0 Å². The minimum Gasteiger partial charge on any atom is -0.300 e. The van der Waals surface area contributed by atoms with E-state index in [1.165, 1.54) is 19.3 Å². The zero-order valence-corrected chi connectivity index (χ0v) is 12.6. The van der Waals surface area contributed by atoms with Gasteiger partial charge in [-0.15, -0.1) is 0 Å². The van der Waals surface area contributed by atoms with Crippen molar-refractivity contribution in [2.45, 2.75) is 64.7 Å². The standard InChI is InChI=1S/C18H26O2/c1-18-9-8-14-13-5-3-12(19)10-11(13)2-4-15(14)16(18)6-7-17(18)20/h11,13-16H,2-10H2,1H3/t11-,13+,14-,15?,16+,18+/m1/s1. The summed E-state index contributed by atoms with van der Waals surface area (Å²) in [5.41, 5.74) is 0.0124. The van der Waals surface area contributed by atoms with Crippen LogP contribution >= 0.6 is 0 Å². The Kier molecular flexibility index (Phi) is 2.88. The number of carbonyl (C=O) groups is 2. The van der Waals surface area contributed by atoms with Crippen molar-refractivity contribution in [2.24, 2.45) is 35.0 Å². The van der Waals surface area contributed by atoms with Crippen LogP contribution < -0.4 is 0 Å². The third-order valence-electron chi connectivity index (χ3n) is 7.47. The van der Waals surface area contributed by atoms with Crippen LogP contribution in [0.15, 0.2) is 0 Å². The SMILES string of the molecule is C[C@]12CC[C@H]3C(CC[C@@H]4CC(=O)CC[C@@H]43)[C@@H]1CCC2=O. The molecule has 110 valence electrons. The Balaban J connectivity index is 1.59. The molecule has 0 amide bonds. The van der Waals surface area contributed by atoms with Gasteiger partial charge in [-0.3, -0.25) is 9.59 Å². The van der Waals surface area contributed by atoms with Gasteiger partial charge in [0.15, 0.2) is 0 Å². The first-order valence-electron chi connectivity index (χ1n) is 8.64. The van der Waals surface area contributed by atoms with Gasteiger partial charge in [0.1, 0.15) is 11.6 Å². The number of rotatable bonds is 0. The summed E-state index contributed by atoms with van der Waals surface area (Å²) in [6, 6.07) is 0. The predicted octanol–water partition coefficient (Wildman–Crippen LogP) is 3.78. The Hall–Kier alpha value is -0.660. The van der Waals surface area contributed by atoms with Crippen LogP contribution in [0.5, 0.6) is 0 Å². The van der Waals surface area contributed by atoms with Crippen LogP contribution in [0.2, 0.25) is 0 Å². The van der Waals surface area contributed by atoms with Crippen molar-refractivity contribution in [3.8, 4) is 0 Å². The van der Waals surface area contributed by atoms with Crippen LogP contribution in [0, 0.1) is 35.0 Å². The van der Waals surface area contributed by atoms with Crippen LogP contribution in [-0.4, -0.2) is 11.6 Å². The summed E-state index contributed by atoms with van der Waals surface area (Å²) in [6.45, 7) is 2.25. The molecule has 0 N–H and O–H groups in total. The first-order valence-corrected chi connectivity index (χ1v) is 8.64. The molecule has 20 heavy (non-hydrogen) atoms. The average molecular weight is 274 g/mol. The highest BCUT2D eigenvalue weighted by atomic mass is 16.1. The zero-order chi connectivity index (χ0) is 13.9. The molecular weight excluding hydrogens is 248 g/mol. The highest BCUT2D eigenvalue weighted by Gasteiger charge is 2.56. The minimum atomic E-state index is 0.0124. The van der Waals surface area contributed by atoms with E-state index in [2.05, 4.69) is 6.92 Å². The lowest BCUT2D eigenvalue weighted by Gasteiger charge is -2.53. The van der Waals surface area contributed by atoms with Gasteiger partial charge in [0.2, 0.25) is 0 Å². The second-order valence-electron chi connectivity index (χ2n) is 8.13. The summed E-state index contributed by atoms with van der Waals surface area (Å²) >= 11 is 0. The van der Waals surface area contributed by atoms with Crippen LogP contribution in [-0.2, 0) is 9.59 Å². The van der Waals surface area contributed by atoms with Crippen molar-refractivity contribution in [3.05, 3.63) is 0 Å². The number of hydrogen-bond donors (Lipinski definition) is 0. The molecule has 0 aromatic heterocycles. The van der Waals surface area contributed by atoms with E-state index in [9.17, 15) is 9.59 Å². The summed E-state index contributed by atoms with van der Waals surface area (Å²) in [6.07, 6.45) is 9.70. The van der Waals surface area contributed by atoms with Crippen LogP contribution in [0.25, 0.3) is 0 Å². The predicted molar refractivity (Wildman–Crippen MR) is 77.1 cm³/mol. The van der Waals surface area contributed by atoms with E-state index < -0.39 is 0 Å². The molecule has 4 aliphatic carbocycles. The Morgan fingerprint density at radius 2 is 1.75 bits per heavy atom. The zero-order valence-electron chi connectivity index (χ0n) is 12.6. The summed E-state index contributed by atoms with van der Waals surface area (Å²) < 4.78 is 0. The molecule has 4 aliphatic rings. The Labute approximate surface area is 121 Å². The third-order valence-corrected chi connectivity index (χ3v) is 7.47. The van der Waals surface area contributed by atoms with E-state index in [1.54, 1.807) is 0 Å². The molecule has 0 aromatic rings. The lowest BCUT2D eigenvalue weighted by molar-refractivity contribution is -0.134. The monoisotopic (exact) mass is 274 g/mol. The van der Waals surface area contributed by atoms with Gasteiger partial charge in [0.05, 0.1) is 0 Å². The van der Waals surface area contributed by atoms with Gasteiger partial charge < -0.3 is 0 Å².